The molecule has 0 heterocycles. The molecule has 1 atom stereocenters. The third kappa shape index (κ3) is 4.40. The smallest absolute Gasteiger partial charge is 0.230 e. The molecule has 0 saturated heterocycles. The molecule has 0 aromatic rings. The van der Waals surface area contributed by atoms with Gasteiger partial charge in [-0.05, 0) is 12.8 Å². The van der Waals surface area contributed by atoms with Gasteiger partial charge in [0.2, 0.25) is 0 Å². The van der Waals surface area contributed by atoms with Crippen LogP contribution in [0.5, 0.6) is 0 Å². The monoisotopic (exact) mass is 590 g/mol. The lowest BCUT2D eigenvalue weighted by molar-refractivity contribution is -0.486. The van der Waals surface area contributed by atoms with Gasteiger partial charge in [0.05, 0.1) is 0 Å². The van der Waals surface area contributed by atoms with E-state index in [9.17, 15) is 43.9 Å². The summed E-state index contributed by atoms with van der Waals surface area (Å²) in [5, 5.41) is 0. The van der Waals surface area contributed by atoms with E-state index in [1.54, 1.807) is 0 Å². The highest BCUT2D eigenvalue weighted by atomic mass is 127. The Hall–Kier alpha value is -0.0400. The summed E-state index contributed by atoms with van der Waals surface area (Å²) < 4.78 is 151. The molecular formula is C19H26F11I. The van der Waals surface area contributed by atoms with Gasteiger partial charge in [-0.1, -0.05) is 81.4 Å². The number of alkyl halides is 12. The fourth-order valence-corrected chi connectivity index (χ4v) is 4.64. The summed E-state index contributed by atoms with van der Waals surface area (Å²) in [7, 11) is 0. The van der Waals surface area contributed by atoms with Crippen LogP contribution in [0.1, 0.15) is 78.1 Å². The molecule has 0 aromatic heterocycles. The molecule has 186 valence electrons. The van der Waals surface area contributed by atoms with E-state index in [0.717, 1.165) is 25.7 Å². The Balaban J connectivity index is 3.18. The van der Waals surface area contributed by atoms with Crippen LogP contribution in [0.2, 0.25) is 0 Å². The minimum absolute atomic E-state index is 0.205. The number of unbranched alkanes of at least 4 members (excludes halogenated alkanes) is 6. The van der Waals surface area contributed by atoms with E-state index >= 15 is 4.39 Å². The van der Waals surface area contributed by atoms with Crippen LogP contribution >= 0.6 is 22.6 Å². The van der Waals surface area contributed by atoms with Crippen LogP contribution in [0.25, 0.3) is 0 Å². The minimum Gasteiger partial charge on any atom is -0.230 e. The van der Waals surface area contributed by atoms with Crippen LogP contribution in [0.3, 0.4) is 0 Å². The van der Waals surface area contributed by atoms with Crippen molar-refractivity contribution in [3.8, 4) is 0 Å². The normalized spacial score (nSPS) is 26.9. The van der Waals surface area contributed by atoms with E-state index in [2.05, 4.69) is 0 Å². The van der Waals surface area contributed by atoms with E-state index < -0.39 is 45.1 Å². The number of halogens is 12. The topological polar surface area (TPSA) is 0 Å². The third-order valence-corrected chi connectivity index (χ3v) is 7.68. The summed E-state index contributed by atoms with van der Waals surface area (Å²) in [6, 6.07) is 0. The van der Waals surface area contributed by atoms with Gasteiger partial charge < -0.3 is 0 Å². The van der Waals surface area contributed by atoms with Crippen molar-refractivity contribution < 1.29 is 48.3 Å². The molecule has 1 aliphatic rings. The predicted octanol–water partition coefficient (Wildman–Crippen LogP) is 9.00. The molecule has 0 aliphatic heterocycles. The molecule has 0 N–H and O–H groups in total. The molecule has 1 unspecified atom stereocenters. The summed E-state index contributed by atoms with van der Waals surface area (Å²) in [5.74, 6) is -34.7. The predicted molar refractivity (Wildman–Crippen MR) is 103 cm³/mol. The second kappa shape index (κ2) is 9.31. The molecule has 0 aromatic carbocycles. The molecule has 0 nitrogen and oxygen atoms in total. The summed E-state index contributed by atoms with van der Waals surface area (Å²) >= 11 is 1.31. The largest absolute Gasteiger partial charge is 0.384 e. The van der Waals surface area contributed by atoms with Gasteiger partial charge in [-0.15, -0.1) is 0 Å². The fraction of sp³-hybridized carbons (Fsp3) is 1.00. The van der Waals surface area contributed by atoms with Crippen molar-refractivity contribution >= 4 is 22.6 Å². The lowest BCUT2D eigenvalue weighted by Crippen LogP contribution is -2.84. The van der Waals surface area contributed by atoms with Gasteiger partial charge in [0.15, 0.2) is 0 Å². The summed E-state index contributed by atoms with van der Waals surface area (Å²) in [5.41, 5.74) is -5.88. The molecule has 0 radical (unpaired) electrons. The molecule has 31 heavy (non-hydrogen) atoms. The average Bonchev–Trinajstić information content (AvgIpc) is 2.65. The number of hydrogen-bond donors (Lipinski definition) is 0. The standard InChI is InChI=1S/C19H26F11I/c1-3-5-6-7-8-9-10-11-13(31,4-2)12-14(20)15(21,22)17(25,26)19(29,30)18(27,28)16(14,23)24/h3-12H2,1-2H3. The maximum atomic E-state index is 15.1. The van der Waals surface area contributed by atoms with Crippen LogP contribution in [0.4, 0.5) is 48.3 Å². The fourth-order valence-electron chi connectivity index (χ4n) is 3.73. The van der Waals surface area contributed by atoms with E-state index in [1.165, 1.54) is 29.5 Å². The minimum atomic E-state index is -7.15. The van der Waals surface area contributed by atoms with Crippen LogP contribution in [-0.2, 0) is 0 Å². The Labute approximate surface area is 187 Å². The molecule has 0 bridgehead atoms. The first kappa shape index (κ1) is 29.0. The highest BCUT2D eigenvalue weighted by Gasteiger charge is 3.01. The Morgan fingerprint density at radius 1 is 0.548 bits per heavy atom. The zero-order valence-corrected chi connectivity index (χ0v) is 19.3. The lowest BCUT2D eigenvalue weighted by Gasteiger charge is -2.54. The van der Waals surface area contributed by atoms with Crippen LogP contribution in [-0.4, -0.2) is 38.7 Å². The Morgan fingerprint density at radius 3 is 1.29 bits per heavy atom. The molecule has 1 saturated carbocycles. The molecule has 12 heteroatoms. The highest BCUT2D eigenvalue weighted by Crippen LogP contribution is 2.71. The summed E-state index contributed by atoms with van der Waals surface area (Å²) in [6.45, 7) is 3.26. The number of hydrogen-bond acceptors (Lipinski definition) is 0. The van der Waals surface area contributed by atoms with Crippen molar-refractivity contribution in [3.05, 3.63) is 0 Å². The zero-order chi connectivity index (χ0) is 24.6. The van der Waals surface area contributed by atoms with Gasteiger partial charge in [0.25, 0.3) is 5.67 Å². The first-order valence-electron chi connectivity index (χ1n) is 10.1. The first-order valence-corrected chi connectivity index (χ1v) is 11.2. The van der Waals surface area contributed by atoms with Crippen LogP contribution in [0.15, 0.2) is 0 Å². The Kier molecular flexibility index (Phi) is 8.70. The first-order chi connectivity index (χ1) is 13.8. The van der Waals surface area contributed by atoms with Gasteiger partial charge in [-0.2, -0.15) is 43.9 Å². The van der Waals surface area contributed by atoms with Crippen molar-refractivity contribution in [2.24, 2.45) is 0 Å². The maximum Gasteiger partial charge on any atom is 0.384 e. The highest BCUT2D eigenvalue weighted by molar-refractivity contribution is 14.1. The summed E-state index contributed by atoms with van der Waals surface area (Å²) in [6.07, 6.45) is 2.55. The molecule has 0 spiro atoms. The van der Waals surface area contributed by atoms with Crippen molar-refractivity contribution in [1.82, 2.24) is 0 Å². The van der Waals surface area contributed by atoms with E-state index in [1.807, 2.05) is 6.92 Å². The van der Waals surface area contributed by atoms with E-state index in [0.29, 0.717) is 12.8 Å². The van der Waals surface area contributed by atoms with Gasteiger partial charge >= 0.3 is 29.6 Å². The zero-order valence-electron chi connectivity index (χ0n) is 17.1. The quantitative estimate of drug-likeness (QED) is 0.0976. The van der Waals surface area contributed by atoms with Crippen molar-refractivity contribution in [2.45, 2.75) is 117 Å². The van der Waals surface area contributed by atoms with Gasteiger partial charge in [0.1, 0.15) is 0 Å². The van der Waals surface area contributed by atoms with Crippen molar-refractivity contribution in [2.75, 3.05) is 0 Å². The van der Waals surface area contributed by atoms with Gasteiger partial charge in [-0.25, -0.2) is 4.39 Å². The van der Waals surface area contributed by atoms with Crippen molar-refractivity contribution in [3.63, 3.8) is 0 Å². The second-order valence-corrected chi connectivity index (χ2v) is 10.5. The molecular weight excluding hydrogens is 564 g/mol. The molecule has 1 rings (SSSR count). The molecule has 0 amide bonds. The summed E-state index contributed by atoms with van der Waals surface area (Å²) in [4.78, 5) is 0. The molecule has 1 fully saturated rings. The van der Waals surface area contributed by atoms with Gasteiger partial charge in [0, 0.05) is 9.84 Å². The van der Waals surface area contributed by atoms with Crippen LogP contribution < -0.4 is 0 Å². The number of rotatable bonds is 11. The Morgan fingerprint density at radius 2 is 0.903 bits per heavy atom. The maximum absolute atomic E-state index is 15.1. The third-order valence-electron chi connectivity index (χ3n) is 6.00. The van der Waals surface area contributed by atoms with E-state index in [-0.39, 0.29) is 19.3 Å². The van der Waals surface area contributed by atoms with Gasteiger partial charge in [-0.3, -0.25) is 0 Å². The SMILES string of the molecule is CCCCCCCCCC(I)(CC)CC1(F)C(F)(F)C(F)(F)C(F)(F)C(F)(F)C1(F)F. The van der Waals surface area contributed by atoms with E-state index in [4.69, 9.17) is 0 Å². The average molecular weight is 590 g/mol. The molecule has 1 aliphatic carbocycles. The van der Waals surface area contributed by atoms with Crippen molar-refractivity contribution in [1.29, 1.82) is 0 Å². The lowest BCUT2D eigenvalue weighted by atomic mass is 9.68. The Bertz CT molecular complexity index is 576. The van der Waals surface area contributed by atoms with Crippen LogP contribution in [0, 0.1) is 0 Å². The second-order valence-electron chi connectivity index (χ2n) is 8.23.